The molecule has 0 aliphatic carbocycles. The van der Waals surface area contributed by atoms with Gasteiger partial charge in [0.1, 0.15) is 5.52 Å². The molecule has 0 aliphatic rings. The SMILES string of the molecule is Cc1ccc(Cn2cc3cccc(C(F)(F)F)c3n2)c(C)c1. The zero-order valence-electron chi connectivity index (χ0n) is 12.3. The minimum atomic E-state index is -4.39. The van der Waals surface area contributed by atoms with Crippen LogP contribution in [0, 0.1) is 13.8 Å². The number of nitrogens with zero attached hydrogens (tertiary/aromatic N) is 2. The Hall–Kier alpha value is -2.30. The smallest absolute Gasteiger partial charge is 0.267 e. The van der Waals surface area contributed by atoms with Gasteiger partial charge in [-0.25, -0.2) is 0 Å². The van der Waals surface area contributed by atoms with Crippen LogP contribution in [0.2, 0.25) is 0 Å². The van der Waals surface area contributed by atoms with Gasteiger partial charge in [0.15, 0.2) is 0 Å². The molecule has 0 saturated carbocycles. The van der Waals surface area contributed by atoms with Gasteiger partial charge in [-0.05, 0) is 31.0 Å². The van der Waals surface area contributed by atoms with Gasteiger partial charge in [-0.3, -0.25) is 4.68 Å². The molecule has 0 atom stereocenters. The summed E-state index contributed by atoms with van der Waals surface area (Å²) in [5, 5.41) is 4.63. The van der Waals surface area contributed by atoms with Gasteiger partial charge in [0.25, 0.3) is 0 Å². The summed E-state index contributed by atoms with van der Waals surface area (Å²) >= 11 is 0. The number of aromatic nitrogens is 2. The molecule has 0 amide bonds. The van der Waals surface area contributed by atoms with E-state index in [2.05, 4.69) is 11.2 Å². The second-order valence-electron chi connectivity index (χ2n) is 5.50. The van der Waals surface area contributed by atoms with Crippen molar-refractivity contribution in [2.75, 3.05) is 0 Å². The molecule has 0 spiro atoms. The van der Waals surface area contributed by atoms with Crippen LogP contribution in [-0.2, 0) is 12.7 Å². The lowest BCUT2D eigenvalue weighted by Crippen LogP contribution is -2.06. The van der Waals surface area contributed by atoms with Crippen LogP contribution >= 0.6 is 0 Å². The quantitative estimate of drug-likeness (QED) is 0.670. The monoisotopic (exact) mass is 304 g/mol. The number of hydrogen-bond donors (Lipinski definition) is 0. The number of halogens is 3. The summed E-state index contributed by atoms with van der Waals surface area (Å²) in [6.07, 6.45) is -2.73. The topological polar surface area (TPSA) is 17.8 Å². The highest BCUT2D eigenvalue weighted by molar-refractivity contribution is 5.81. The highest BCUT2D eigenvalue weighted by Gasteiger charge is 2.33. The maximum Gasteiger partial charge on any atom is 0.418 e. The molecule has 0 bridgehead atoms. The minimum absolute atomic E-state index is 0.000218. The first kappa shape index (κ1) is 14.6. The Kier molecular flexibility index (Phi) is 3.43. The molecular weight excluding hydrogens is 289 g/mol. The van der Waals surface area contributed by atoms with Crippen molar-refractivity contribution >= 4 is 10.9 Å². The lowest BCUT2D eigenvalue weighted by atomic mass is 10.1. The normalized spacial score (nSPS) is 12.0. The number of hydrogen-bond acceptors (Lipinski definition) is 1. The van der Waals surface area contributed by atoms with E-state index in [0.29, 0.717) is 11.9 Å². The highest BCUT2D eigenvalue weighted by atomic mass is 19.4. The average molecular weight is 304 g/mol. The summed E-state index contributed by atoms with van der Waals surface area (Å²) in [5.74, 6) is 0. The Morgan fingerprint density at radius 2 is 1.86 bits per heavy atom. The minimum Gasteiger partial charge on any atom is -0.267 e. The molecule has 0 N–H and O–H groups in total. The van der Waals surface area contributed by atoms with E-state index in [9.17, 15) is 13.2 Å². The lowest BCUT2D eigenvalue weighted by molar-refractivity contribution is -0.136. The predicted octanol–water partition coefficient (Wildman–Crippen LogP) is 4.72. The van der Waals surface area contributed by atoms with E-state index in [-0.39, 0.29) is 5.52 Å². The molecule has 1 heterocycles. The average Bonchev–Trinajstić information content (AvgIpc) is 2.83. The van der Waals surface area contributed by atoms with E-state index < -0.39 is 11.7 Å². The maximum atomic E-state index is 13.0. The van der Waals surface area contributed by atoms with Gasteiger partial charge in [-0.2, -0.15) is 18.3 Å². The van der Waals surface area contributed by atoms with E-state index in [0.717, 1.165) is 22.8 Å². The van der Waals surface area contributed by atoms with Gasteiger partial charge in [0, 0.05) is 11.6 Å². The fourth-order valence-corrected chi connectivity index (χ4v) is 2.60. The Morgan fingerprint density at radius 3 is 2.55 bits per heavy atom. The molecule has 3 aromatic rings. The van der Waals surface area contributed by atoms with E-state index >= 15 is 0 Å². The van der Waals surface area contributed by atoms with E-state index in [4.69, 9.17) is 0 Å². The largest absolute Gasteiger partial charge is 0.418 e. The summed E-state index contributed by atoms with van der Waals surface area (Å²) in [7, 11) is 0. The molecule has 0 fully saturated rings. The molecule has 22 heavy (non-hydrogen) atoms. The molecule has 0 saturated heterocycles. The fraction of sp³-hybridized carbons (Fsp3) is 0.235. The molecule has 0 radical (unpaired) electrons. The van der Waals surface area contributed by atoms with E-state index in [1.165, 1.54) is 6.07 Å². The second kappa shape index (κ2) is 5.16. The van der Waals surface area contributed by atoms with Crippen molar-refractivity contribution in [3.8, 4) is 0 Å². The van der Waals surface area contributed by atoms with Gasteiger partial charge < -0.3 is 0 Å². The Balaban J connectivity index is 2.02. The molecule has 114 valence electrons. The molecular formula is C17H15F3N2. The van der Waals surface area contributed by atoms with Crippen LogP contribution in [-0.4, -0.2) is 9.78 Å². The van der Waals surface area contributed by atoms with E-state index in [1.807, 2.05) is 26.0 Å². The molecule has 2 aromatic carbocycles. The number of alkyl halides is 3. The summed E-state index contributed by atoms with van der Waals surface area (Å²) < 4.78 is 40.6. The molecule has 1 aromatic heterocycles. The van der Waals surface area contributed by atoms with Crippen LogP contribution < -0.4 is 0 Å². The number of rotatable bonds is 2. The third-order valence-electron chi connectivity index (χ3n) is 3.72. The van der Waals surface area contributed by atoms with Crippen molar-refractivity contribution in [3.05, 3.63) is 64.8 Å². The van der Waals surface area contributed by atoms with Gasteiger partial charge >= 0.3 is 6.18 Å². The van der Waals surface area contributed by atoms with Crippen molar-refractivity contribution in [1.82, 2.24) is 9.78 Å². The molecule has 0 unspecified atom stereocenters. The van der Waals surface area contributed by atoms with Gasteiger partial charge in [-0.1, -0.05) is 35.9 Å². The first-order chi connectivity index (χ1) is 10.3. The van der Waals surface area contributed by atoms with Crippen LogP contribution in [0.4, 0.5) is 13.2 Å². The van der Waals surface area contributed by atoms with Crippen LogP contribution in [0.1, 0.15) is 22.3 Å². The Bertz CT molecular complexity index is 832. The van der Waals surface area contributed by atoms with Crippen LogP contribution in [0.5, 0.6) is 0 Å². The lowest BCUT2D eigenvalue weighted by Gasteiger charge is -2.07. The first-order valence-electron chi connectivity index (χ1n) is 6.94. The standard InChI is InChI=1S/C17H15F3N2/c1-11-6-7-13(12(2)8-11)9-22-10-14-4-3-5-15(16(14)21-22)17(18,19)20/h3-8,10H,9H2,1-2H3. The summed E-state index contributed by atoms with van der Waals surface area (Å²) in [6, 6.07) is 10.2. The van der Waals surface area contributed by atoms with Gasteiger partial charge in [0.05, 0.1) is 12.1 Å². The van der Waals surface area contributed by atoms with E-state index in [1.54, 1.807) is 16.9 Å². The highest BCUT2D eigenvalue weighted by Crippen LogP contribution is 2.34. The predicted molar refractivity (Wildman–Crippen MR) is 79.8 cm³/mol. The number of aryl methyl sites for hydroxylation is 2. The van der Waals surface area contributed by atoms with Crippen molar-refractivity contribution in [2.24, 2.45) is 0 Å². The number of fused-ring (bicyclic) bond motifs is 1. The summed E-state index contributed by atoms with van der Waals surface area (Å²) in [6.45, 7) is 4.46. The number of benzene rings is 2. The van der Waals surface area contributed by atoms with Crippen LogP contribution in [0.3, 0.4) is 0 Å². The molecule has 3 rings (SSSR count). The van der Waals surface area contributed by atoms with Gasteiger partial charge in [-0.15, -0.1) is 0 Å². The zero-order chi connectivity index (χ0) is 15.9. The van der Waals surface area contributed by atoms with Crippen molar-refractivity contribution < 1.29 is 13.2 Å². The molecule has 0 aliphatic heterocycles. The van der Waals surface area contributed by atoms with Crippen molar-refractivity contribution in [2.45, 2.75) is 26.6 Å². The van der Waals surface area contributed by atoms with Crippen molar-refractivity contribution in [1.29, 1.82) is 0 Å². The van der Waals surface area contributed by atoms with Crippen molar-refractivity contribution in [3.63, 3.8) is 0 Å². The third-order valence-corrected chi connectivity index (χ3v) is 3.72. The summed E-state index contributed by atoms with van der Waals surface area (Å²) in [4.78, 5) is 0. The fourth-order valence-electron chi connectivity index (χ4n) is 2.60. The van der Waals surface area contributed by atoms with Crippen LogP contribution in [0.15, 0.2) is 42.6 Å². The molecule has 5 heteroatoms. The summed E-state index contributed by atoms with van der Waals surface area (Å²) in [5.41, 5.74) is 2.62. The molecule has 2 nitrogen and oxygen atoms in total. The third kappa shape index (κ3) is 2.71. The first-order valence-corrected chi connectivity index (χ1v) is 6.94. The Morgan fingerprint density at radius 1 is 1.09 bits per heavy atom. The maximum absolute atomic E-state index is 13.0. The zero-order valence-corrected chi connectivity index (χ0v) is 12.3. The van der Waals surface area contributed by atoms with Gasteiger partial charge in [0.2, 0.25) is 0 Å². The van der Waals surface area contributed by atoms with Crippen LogP contribution in [0.25, 0.3) is 10.9 Å². The second-order valence-corrected chi connectivity index (χ2v) is 5.50. The Labute approximate surface area is 126 Å².